The zero-order valence-electron chi connectivity index (χ0n) is 24.7. The molecule has 0 saturated carbocycles. The van der Waals surface area contributed by atoms with E-state index in [0.717, 1.165) is 0 Å². The molecule has 0 atom stereocenters. The average molecular weight is 521 g/mol. The van der Waals surface area contributed by atoms with Crippen LogP contribution in [0.4, 0.5) is 0 Å². The second kappa shape index (κ2) is 29.9. The van der Waals surface area contributed by atoms with E-state index in [0.29, 0.717) is 0 Å². The van der Waals surface area contributed by atoms with Crippen LogP contribution in [0.5, 0.6) is 0 Å². The van der Waals surface area contributed by atoms with Gasteiger partial charge in [-0.3, -0.25) is 0 Å². The van der Waals surface area contributed by atoms with Crippen LogP contribution < -0.4 is 0 Å². The largest absolute Gasteiger partial charge is 0.147 e. The van der Waals surface area contributed by atoms with Crippen molar-refractivity contribution in [1.29, 1.82) is 0 Å². The van der Waals surface area contributed by atoms with Crippen molar-refractivity contribution >= 4 is 19.7 Å². The van der Waals surface area contributed by atoms with Gasteiger partial charge in [0.15, 0.2) is 0 Å². The second-order valence-electron chi connectivity index (χ2n) is 11.6. The summed E-state index contributed by atoms with van der Waals surface area (Å²) in [5, 5.41) is 0. The molecule has 0 aliphatic heterocycles. The number of rotatable bonds is 28. The summed E-state index contributed by atoms with van der Waals surface area (Å²) in [6.45, 7) is 9.42. The van der Waals surface area contributed by atoms with Gasteiger partial charge in [0.25, 0.3) is 0 Å². The first-order valence-electron chi connectivity index (χ1n) is 16.2. The minimum Gasteiger partial charge on any atom is -0.147 e. The van der Waals surface area contributed by atoms with E-state index in [-0.39, 0.29) is 12.4 Å². The molecule has 2 heteroatoms. The molecule has 0 N–H and O–H groups in total. The van der Waals surface area contributed by atoms with Crippen molar-refractivity contribution in [2.75, 3.05) is 24.6 Å². The molecule has 0 bridgehead atoms. The van der Waals surface area contributed by atoms with Gasteiger partial charge < -0.3 is 0 Å². The van der Waals surface area contributed by atoms with Crippen molar-refractivity contribution in [2.24, 2.45) is 0 Å². The molecular weight excluding hydrogens is 451 g/mol. The van der Waals surface area contributed by atoms with Crippen LogP contribution in [0.15, 0.2) is 0 Å². The monoisotopic (exact) mass is 520 g/mol. The predicted octanol–water partition coefficient (Wildman–Crippen LogP) is 12.6. The molecule has 0 aromatic rings. The minimum atomic E-state index is -1.04. The van der Waals surface area contributed by atoms with Crippen LogP contribution >= 0.6 is 19.7 Å². The molecule has 34 heavy (non-hydrogen) atoms. The van der Waals surface area contributed by atoms with Crippen molar-refractivity contribution < 1.29 is 0 Å². The van der Waals surface area contributed by atoms with E-state index in [1.165, 1.54) is 128 Å². The SMILES string of the molecule is CCCCCCCCCCCCCC[PH](CCCCCC)(CCCCCC)CCCCCC.Cl. The summed E-state index contributed by atoms with van der Waals surface area (Å²) >= 11 is 0. The topological polar surface area (TPSA) is 0 Å². The normalized spacial score (nSPS) is 12.1. The van der Waals surface area contributed by atoms with E-state index in [2.05, 4.69) is 27.7 Å². The van der Waals surface area contributed by atoms with Gasteiger partial charge in [-0.05, 0) is 0 Å². The molecule has 0 spiro atoms. The van der Waals surface area contributed by atoms with E-state index in [1.54, 1.807) is 50.3 Å². The second-order valence-corrected chi connectivity index (χ2v) is 16.6. The van der Waals surface area contributed by atoms with Gasteiger partial charge in [-0.2, -0.15) is 0 Å². The molecule has 0 amide bonds. The van der Waals surface area contributed by atoms with E-state index in [1.807, 2.05) is 0 Å². The molecule has 0 fully saturated rings. The molecule has 0 aromatic heterocycles. The predicted molar refractivity (Wildman–Crippen MR) is 169 cm³/mol. The van der Waals surface area contributed by atoms with Crippen LogP contribution in [-0.4, -0.2) is 24.6 Å². The summed E-state index contributed by atoms with van der Waals surface area (Å²) in [4.78, 5) is 0. The van der Waals surface area contributed by atoms with Gasteiger partial charge in [-0.1, -0.05) is 13.3 Å². The maximum Gasteiger partial charge on any atom is -0.147 e. The Hall–Kier alpha value is 0.720. The Morgan fingerprint density at radius 2 is 0.441 bits per heavy atom. The molecule has 0 nitrogen and oxygen atoms in total. The van der Waals surface area contributed by atoms with Gasteiger partial charge in [0.2, 0.25) is 0 Å². The van der Waals surface area contributed by atoms with E-state index in [4.69, 9.17) is 0 Å². The van der Waals surface area contributed by atoms with Crippen molar-refractivity contribution in [3.05, 3.63) is 0 Å². The number of hydrogen-bond acceptors (Lipinski definition) is 0. The molecule has 0 radical (unpaired) electrons. The van der Waals surface area contributed by atoms with Gasteiger partial charge in [-0.25, -0.2) is 0 Å². The Labute approximate surface area is 225 Å². The summed E-state index contributed by atoms with van der Waals surface area (Å²) in [5.41, 5.74) is 0. The smallest absolute Gasteiger partial charge is 0.147 e. The van der Waals surface area contributed by atoms with Gasteiger partial charge in [0, 0.05) is 0 Å². The van der Waals surface area contributed by atoms with Gasteiger partial charge >= 0.3 is 200 Å². The Morgan fingerprint density at radius 3 is 0.676 bits per heavy atom. The standard InChI is InChI=1S/C32H69P.ClH/c1-5-9-13-17-18-19-20-21-22-23-24-28-32-33(29-25-14-10-6-2,30-26-15-11-7-3)31-27-16-12-8-4;/h33H,5-32H2,1-4H3;1H. The van der Waals surface area contributed by atoms with Crippen LogP contribution in [-0.2, 0) is 0 Å². The molecule has 0 aliphatic carbocycles. The van der Waals surface area contributed by atoms with Crippen LogP contribution in [0, 0.1) is 0 Å². The fraction of sp³-hybridized carbons (Fsp3) is 1.00. The van der Waals surface area contributed by atoms with E-state index >= 15 is 0 Å². The average Bonchev–Trinajstić information content (AvgIpc) is 2.83. The summed E-state index contributed by atoms with van der Waals surface area (Å²) < 4.78 is 0. The quantitative estimate of drug-likeness (QED) is 0.0710. The minimum absolute atomic E-state index is 0. The van der Waals surface area contributed by atoms with Gasteiger partial charge in [0.1, 0.15) is 0 Å². The van der Waals surface area contributed by atoms with Crippen LogP contribution in [0.3, 0.4) is 0 Å². The Bertz CT molecular complexity index is 326. The van der Waals surface area contributed by atoms with Gasteiger partial charge in [-0.15, -0.1) is 12.4 Å². The molecule has 0 unspecified atom stereocenters. The maximum atomic E-state index is 2.37. The number of hydrogen-bond donors (Lipinski definition) is 0. The van der Waals surface area contributed by atoms with Crippen LogP contribution in [0.25, 0.3) is 0 Å². The van der Waals surface area contributed by atoms with Crippen molar-refractivity contribution in [2.45, 2.75) is 182 Å². The third-order valence-electron chi connectivity index (χ3n) is 8.24. The fourth-order valence-corrected chi connectivity index (χ4v) is 11.4. The molecule has 210 valence electrons. The Balaban J connectivity index is 0. The van der Waals surface area contributed by atoms with Crippen LogP contribution in [0.2, 0.25) is 0 Å². The molecule has 0 rings (SSSR count). The summed E-state index contributed by atoms with van der Waals surface area (Å²) in [6, 6.07) is 0. The Kier molecular flexibility index (Phi) is 32.5. The first-order chi connectivity index (χ1) is 16.2. The van der Waals surface area contributed by atoms with E-state index in [9.17, 15) is 0 Å². The first-order valence-corrected chi connectivity index (χ1v) is 19.1. The molecule has 0 saturated heterocycles. The van der Waals surface area contributed by atoms with E-state index < -0.39 is 7.26 Å². The maximum absolute atomic E-state index is 2.37. The summed E-state index contributed by atoms with van der Waals surface area (Å²) in [5.74, 6) is 0. The van der Waals surface area contributed by atoms with Crippen molar-refractivity contribution in [3.8, 4) is 0 Å². The summed E-state index contributed by atoms with van der Waals surface area (Å²) in [7, 11) is -1.04. The van der Waals surface area contributed by atoms with Gasteiger partial charge in [0.05, 0.1) is 0 Å². The van der Waals surface area contributed by atoms with Crippen molar-refractivity contribution in [1.82, 2.24) is 0 Å². The Morgan fingerprint density at radius 1 is 0.265 bits per heavy atom. The number of unbranched alkanes of at least 4 members (excludes halogenated alkanes) is 20. The molecule has 0 aliphatic rings. The third kappa shape index (κ3) is 24.4. The van der Waals surface area contributed by atoms with Crippen LogP contribution in [0.1, 0.15) is 182 Å². The number of halogens is 1. The zero-order valence-corrected chi connectivity index (χ0v) is 26.5. The molecule has 0 heterocycles. The first kappa shape index (κ1) is 36.9. The van der Waals surface area contributed by atoms with Crippen molar-refractivity contribution in [3.63, 3.8) is 0 Å². The third-order valence-corrected chi connectivity index (χ3v) is 13.9. The zero-order chi connectivity index (χ0) is 24.3. The molecule has 0 aromatic carbocycles. The fourth-order valence-electron chi connectivity index (χ4n) is 5.87. The molecular formula is C32H70ClP. The summed E-state index contributed by atoms with van der Waals surface area (Å²) in [6.07, 6.45) is 42.3.